The zero-order valence-electron chi connectivity index (χ0n) is 18.3. The van der Waals surface area contributed by atoms with Gasteiger partial charge in [0.05, 0.1) is 18.1 Å². The Hall–Kier alpha value is -3.13. The van der Waals surface area contributed by atoms with Crippen LogP contribution in [0, 0.1) is 5.92 Å². The normalized spacial score (nSPS) is 15.4. The van der Waals surface area contributed by atoms with E-state index in [0.29, 0.717) is 40.5 Å². The lowest BCUT2D eigenvalue weighted by Gasteiger charge is -2.23. The minimum Gasteiger partial charge on any atom is -0.497 e. The van der Waals surface area contributed by atoms with Crippen LogP contribution in [0.1, 0.15) is 25.0 Å². The van der Waals surface area contributed by atoms with Gasteiger partial charge in [0.25, 0.3) is 0 Å². The first kappa shape index (κ1) is 21.7. The molecule has 0 aliphatic carbocycles. The van der Waals surface area contributed by atoms with Crippen LogP contribution in [0.15, 0.2) is 48.5 Å². The third-order valence-corrected chi connectivity index (χ3v) is 6.42. The smallest absolute Gasteiger partial charge is 0.435 e. The molecule has 8 heteroatoms. The Morgan fingerprint density at radius 3 is 2.45 bits per heavy atom. The maximum atomic E-state index is 14.0. The highest BCUT2D eigenvalue weighted by atomic mass is 19.4. The molecule has 1 aliphatic rings. The van der Waals surface area contributed by atoms with Crippen molar-refractivity contribution in [3.05, 3.63) is 54.2 Å². The van der Waals surface area contributed by atoms with Crippen molar-refractivity contribution in [2.75, 3.05) is 20.2 Å². The first-order valence-electron chi connectivity index (χ1n) is 11.2. The number of piperidine rings is 1. The molecule has 5 rings (SSSR count). The van der Waals surface area contributed by atoms with Crippen molar-refractivity contribution in [2.24, 2.45) is 5.92 Å². The summed E-state index contributed by atoms with van der Waals surface area (Å²) >= 11 is 0. The number of methoxy groups -OCH3 is 1. The molecule has 2 aromatic heterocycles. The summed E-state index contributed by atoms with van der Waals surface area (Å²) in [6.07, 6.45) is -1.58. The summed E-state index contributed by atoms with van der Waals surface area (Å²) < 4.78 is 49.3. The number of halogens is 3. The Bertz CT molecular complexity index is 1280. The van der Waals surface area contributed by atoms with E-state index in [1.165, 1.54) is 0 Å². The number of benzene rings is 2. The number of fused-ring (bicyclic) bond motifs is 3. The lowest BCUT2D eigenvalue weighted by molar-refractivity contribution is -0.139. The molecule has 0 amide bonds. The quantitative estimate of drug-likeness (QED) is 0.422. The van der Waals surface area contributed by atoms with Gasteiger partial charge < -0.3 is 14.6 Å². The number of aromatic nitrogens is 3. The van der Waals surface area contributed by atoms with Crippen molar-refractivity contribution < 1.29 is 17.9 Å². The van der Waals surface area contributed by atoms with Crippen LogP contribution in [-0.4, -0.2) is 34.7 Å². The minimum absolute atomic E-state index is 0.0997. The maximum absolute atomic E-state index is 14.0. The van der Waals surface area contributed by atoms with Crippen LogP contribution in [0.2, 0.25) is 0 Å². The Labute approximate surface area is 189 Å². The summed E-state index contributed by atoms with van der Waals surface area (Å²) in [6.45, 7) is 2.55. The van der Waals surface area contributed by atoms with E-state index >= 15 is 0 Å². The highest BCUT2D eigenvalue weighted by Crippen LogP contribution is 2.39. The fourth-order valence-corrected chi connectivity index (χ4v) is 4.69. The first-order chi connectivity index (χ1) is 16.0. The van der Waals surface area contributed by atoms with Crippen LogP contribution in [-0.2, 0) is 12.7 Å². The minimum atomic E-state index is -4.60. The number of alkyl halides is 3. The zero-order valence-corrected chi connectivity index (χ0v) is 18.3. The van der Waals surface area contributed by atoms with Crippen molar-refractivity contribution in [1.29, 1.82) is 0 Å². The lowest BCUT2D eigenvalue weighted by Crippen LogP contribution is -2.28. The number of hydrogen-bond acceptors (Lipinski definition) is 4. The van der Waals surface area contributed by atoms with Gasteiger partial charge in [0.2, 0.25) is 0 Å². The third kappa shape index (κ3) is 4.15. The average Bonchev–Trinajstić information content (AvgIpc) is 3.22. The van der Waals surface area contributed by atoms with Crippen molar-refractivity contribution >= 4 is 21.9 Å². The van der Waals surface area contributed by atoms with Gasteiger partial charge in [-0.25, -0.2) is 9.97 Å². The second-order valence-corrected chi connectivity index (χ2v) is 8.47. The van der Waals surface area contributed by atoms with Gasteiger partial charge in [0.1, 0.15) is 17.1 Å². The summed E-state index contributed by atoms with van der Waals surface area (Å²) in [7, 11) is 1.58. The van der Waals surface area contributed by atoms with Crippen molar-refractivity contribution in [2.45, 2.75) is 32.0 Å². The number of rotatable bonds is 5. The Kier molecular flexibility index (Phi) is 5.70. The highest BCUT2D eigenvalue weighted by molar-refractivity contribution is 6.04. The van der Waals surface area contributed by atoms with E-state index in [1.807, 2.05) is 28.8 Å². The van der Waals surface area contributed by atoms with E-state index in [4.69, 9.17) is 4.74 Å². The Balaban J connectivity index is 1.73. The number of ether oxygens (including phenoxy) is 1. The number of nitrogens with zero attached hydrogens (tertiary/aromatic N) is 3. The SMILES string of the molecule is COc1ccc(-c2nc3c(C(F)(F)F)nc4ccccc4c3n2CCC2CCNCC2)cc1. The van der Waals surface area contributed by atoms with E-state index in [-0.39, 0.29) is 5.52 Å². The second kappa shape index (κ2) is 8.67. The van der Waals surface area contributed by atoms with Crippen molar-refractivity contribution in [3.8, 4) is 17.1 Å². The van der Waals surface area contributed by atoms with Gasteiger partial charge in [-0.05, 0) is 68.6 Å². The van der Waals surface area contributed by atoms with E-state index in [2.05, 4.69) is 15.3 Å². The summed E-state index contributed by atoms with van der Waals surface area (Å²) in [6, 6.07) is 14.3. The number of hydrogen-bond donors (Lipinski definition) is 1. The van der Waals surface area contributed by atoms with Gasteiger partial charge in [0, 0.05) is 17.5 Å². The number of para-hydroxylation sites is 1. The molecule has 0 bridgehead atoms. The molecule has 1 N–H and O–H groups in total. The highest BCUT2D eigenvalue weighted by Gasteiger charge is 2.37. The zero-order chi connectivity index (χ0) is 23.0. The van der Waals surface area contributed by atoms with Crippen molar-refractivity contribution in [1.82, 2.24) is 19.9 Å². The number of aryl methyl sites for hydroxylation is 1. The summed E-state index contributed by atoms with van der Waals surface area (Å²) in [5, 5.41) is 4.05. The fourth-order valence-electron chi connectivity index (χ4n) is 4.69. The molecule has 33 heavy (non-hydrogen) atoms. The van der Waals surface area contributed by atoms with E-state index in [0.717, 1.165) is 37.9 Å². The molecular weight excluding hydrogens is 429 g/mol. The van der Waals surface area contributed by atoms with Gasteiger partial charge >= 0.3 is 6.18 Å². The largest absolute Gasteiger partial charge is 0.497 e. The molecule has 1 aliphatic heterocycles. The third-order valence-electron chi connectivity index (χ3n) is 6.42. The standard InChI is InChI=1S/C25H25F3N4O/c1-33-18-8-6-17(7-9-18)24-31-21-22(32(24)15-12-16-10-13-29-14-11-16)19-4-2-3-5-20(19)30-23(21)25(26,27)28/h2-9,16,29H,10-15H2,1H3. The van der Waals surface area contributed by atoms with E-state index in [1.54, 1.807) is 31.4 Å². The molecule has 0 saturated carbocycles. The van der Waals surface area contributed by atoms with Crippen LogP contribution in [0.3, 0.4) is 0 Å². The van der Waals surface area contributed by atoms with Crippen molar-refractivity contribution in [3.63, 3.8) is 0 Å². The molecule has 4 aromatic rings. The molecule has 0 atom stereocenters. The molecule has 0 unspecified atom stereocenters. The monoisotopic (exact) mass is 454 g/mol. The molecule has 0 spiro atoms. The van der Waals surface area contributed by atoms with Crippen LogP contribution >= 0.6 is 0 Å². The lowest BCUT2D eigenvalue weighted by atomic mass is 9.94. The molecule has 1 saturated heterocycles. The Morgan fingerprint density at radius 1 is 1.03 bits per heavy atom. The Morgan fingerprint density at radius 2 is 1.76 bits per heavy atom. The van der Waals surface area contributed by atoms with Gasteiger partial charge in [-0.1, -0.05) is 18.2 Å². The maximum Gasteiger partial charge on any atom is 0.435 e. The number of pyridine rings is 1. The molecule has 172 valence electrons. The predicted molar refractivity (Wildman–Crippen MR) is 122 cm³/mol. The molecule has 1 fully saturated rings. The summed E-state index contributed by atoms with van der Waals surface area (Å²) in [5.74, 6) is 1.73. The van der Waals surface area contributed by atoms with E-state index in [9.17, 15) is 13.2 Å². The summed E-state index contributed by atoms with van der Waals surface area (Å²) in [5.41, 5.74) is 0.521. The topological polar surface area (TPSA) is 52.0 Å². The van der Waals surface area contributed by atoms with Gasteiger partial charge in [-0.2, -0.15) is 13.2 Å². The molecular formula is C25H25F3N4O. The van der Waals surface area contributed by atoms with Gasteiger partial charge in [-0.3, -0.25) is 0 Å². The van der Waals surface area contributed by atoms with Crippen LogP contribution in [0.5, 0.6) is 5.75 Å². The molecule has 2 aromatic carbocycles. The molecule has 5 nitrogen and oxygen atoms in total. The van der Waals surface area contributed by atoms with Crippen LogP contribution in [0.4, 0.5) is 13.2 Å². The number of imidazole rings is 1. The number of nitrogens with one attached hydrogen (secondary N) is 1. The predicted octanol–water partition coefficient (Wildman–Crippen LogP) is 5.67. The fraction of sp³-hybridized carbons (Fsp3) is 0.360. The summed E-state index contributed by atoms with van der Waals surface area (Å²) in [4.78, 5) is 8.52. The van der Waals surface area contributed by atoms with Crippen LogP contribution in [0.25, 0.3) is 33.3 Å². The molecule has 3 heterocycles. The van der Waals surface area contributed by atoms with Gasteiger partial charge in [-0.15, -0.1) is 0 Å². The second-order valence-electron chi connectivity index (χ2n) is 8.47. The first-order valence-corrected chi connectivity index (χ1v) is 11.2. The van der Waals surface area contributed by atoms with E-state index < -0.39 is 11.9 Å². The molecule has 0 radical (unpaired) electrons. The van der Waals surface area contributed by atoms with Gasteiger partial charge in [0.15, 0.2) is 5.69 Å². The average molecular weight is 454 g/mol. The van der Waals surface area contributed by atoms with Crippen LogP contribution < -0.4 is 10.1 Å².